The molecule has 0 amide bonds. The molecule has 0 aliphatic carbocycles. The zero-order chi connectivity index (χ0) is 14.8. The van der Waals surface area contributed by atoms with E-state index in [0.717, 1.165) is 0 Å². The van der Waals surface area contributed by atoms with Gasteiger partial charge in [-0.1, -0.05) is 23.2 Å². The van der Waals surface area contributed by atoms with Crippen molar-refractivity contribution in [2.45, 2.75) is 4.90 Å². The molecule has 0 saturated carbocycles. The van der Waals surface area contributed by atoms with Crippen LogP contribution in [-0.2, 0) is 10.0 Å². The van der Waals surface area contributed by atoms with Crippen molar-refractivity contribution >= 4 is 44.9 Å². The van der Waals surface area contributed by atoms with Crippen LogP contribution in [0.15, 0.2) is 35.5 Å². The van der Waals surface area contributed by atoms with Crippen molar-refractivity contribution in [1.29, 1.82) is 0 Å². The Kier molecular flexibility index (Phi) is 4.32. The molecule has 0 fully saturated rings. The predicted octanol–water partition coefficient (Wildman–Crippen LogP) is 2.63. The summed E-state index contributed by atoms with van der Waals surface area (Å²) < 4.78 is 26.6. The first-order valence-corrected chi connectivity index (χ1v) is 7.64. The highest BCUT2D eigenvalue weighted by molar-refractivity contribution is 7.92. The largest absolute Gasteiger partial charge is 0.357 e. The highest BCUT2D eigenvalue weighted by Gasteiger charge is 2.17. The molecule has 0 spiro atoms. The molecule has 6 nitrogen and oxygen atoms in total. The van der Waals surface area contributed by atoms with Crippen LogP contribution in [0.5, 0.6) is 0 Å². The summed E-state index contributed by atoms with van der Waals surface area (Å²) in [5.41, 5.74) is 0.192. The number of rotatable bonds is 4. The van der Waals surface area contributed by atoms with E-state index in [4.69, 9.17) is 23.2 Å². The fraction of sp³-hybridized carbons (Fsp3) is 0.0909. The summed E-state index contributed by atoms with van der Waals surface area (Å²) in [6, 6.07) is 4.49. The van der Waals surface area contributed by atoms with E-state index in [-0.39, 0.29) is 15.6 Å². The average molecular weight is 333 g/mol. The monoisotopic (exact) mass is 332 g/mol. The molecule has 0 aliphatic rings. The number of nitrogens with zero attached hydrogens (tertiary/aromatic N) is 2. The van der Waals surface area contributed by atoms with Gasteiger partial charge in [0, 0.05) is 12.1 Å². The molecule has 20 heavy (non-hydrogen) atoms. The first-order chi connectivity index (χ1) is 9.42. The van der Waals surface area contributed by atoms with Crippen molar-refractivity contribution < 1.29 is 8.42 Å². The van der Waals surface area contributed by atoms with Crippen molar-refractivity contribution in [1.82, 2.24) is 9.97 Å². The van der Waals surface area contributed by atoms with Gasteiger partial charge in [0.2, 0.25) is 5.95 Å². The van der Waals surface area contributed by atoms with Gasteiger partial charge in [-0.25, -0.2) is 18.4 Å². The number of halogens is 2. The van der Waals surface area contributed by atoms with Gasteiger partial charge in [-0.05, 0) is 18.2 Å². The molecule has 0 unspecified atom stereocenters. The van der Waals surface area contributed by atoms with Crippen LogP contribution in [0.3, 0.4) is 0 Å². The van der Waals surface area contributed by atoms with E-state index in [0.29, 0.717) is 11.0 Å². The van der Waals surface area contributed by atoms with Crippen molar-refractivity contribution in [3.8, 4) is 0 Å². The molecule has 0 radical (unpaired) electrons. The second-order valence-electron chi connectivity index (χ2n) is 3.72. The van der Waals surface area contributed by atoms with Gasteiger partial charge in [-0.15, -0.1) is 0 Å². The summed E-state index contributed by atoms with van der Waals surface area (Å²) in [5, 5.41) is 3.31. The van der Waals surface area contributed by atoms with E-state index in [1.165, 1.54) is 24.5 Å². The van der Waals surface area contributed by atoms with Crippen LogP contribution in [0.2, 0.25) is 10.0 Å². The van der Waals surface area contributed by atoms with Crippen LogP contribution >= 0.6 is 23.2 Å². The molecule has 0 bridgehead atoms. The van der Waals surface area contributed by atoms with Gasteiger partial charge in [0.05, 0.1) is 23.1 Å². The molecular formula is C11H10Cl2N4O2S. The van der Waals surface area contributed by atoms with Crippen molar-refractivity contribution in [2.24, 2.45) is 0 Å². The van der Waals surface area contributed by atoms with Crippen LogP contribution in [0, 0.1) is 0 Å². The van der Waals surface area contributed by atoms with Crippen LogP contribution in [0.1, 0.15) is 0 Å². The number of nitrogens with one attached hydrogen (secondary N) is 2. The van der Waals surface area contributed by atoms with E-state index >= 15 is 0 Å². The van der Waals surface area contributed by atoms with Crippen molar-refractivity contribution in [2.75, 3.05) is 17.1 Å². The third kappa shape index (κ3) is 3.30. The standard InChI is InChI=1S/C11H10Cl2N4O2S/c1-14-11-15-5-8(6-16-11)20(18,19)17-10-4-7(12)2-3-9(10)13/h2-6,17H,1H3,(H,14,15,16). The first-order valence-electron chi connectivity index (χ1n) is 5.40. The topological polar surface area (TPSA) is 84.0 Å². The fourth-order valence-electron chi connectivity index (χ4n) is 1.36. The molecule has 1 aromatic carbocycles. The Labute approximate surface area is 126 Å². The lowest BCUT2D eigenvalue weighted by molar-refractivity contribution is 0.600. The van der Waals surface area contributed by atoms with Crippen molar-refractivity contribution in [3.63, 3.8) is 0 Å². The summed E-state index contributed by atoms with van der Waals surface area (Å²) >= 11 is 11.7. The van der Waals surface area contributed by atoms with Crippen molar-refractivity contribution in [3.05, 3.63) is 40.6 Å². The highest BCUT2D eigenvalue weighted by Crippen LogP contribution is 2.27. The van der Waals surface area contributed by atoms with E-state index in [1.807, 2.05) is 0 Å². The zero-order valence-electron chi connectivity index (χ0n) is 10.3. The third-order valence-corrected chi connectivity index (χ3v) is 4.22. The Hall–Kier alpha value is -1.57. The Balaban J connectivity index is 2.32. The molecule has 0 aliphatic heterocycles. The zero-order valence-corrected chi connectivity index (χ0v) is 12.6. The van der Waals surface area contributed by atoms with Crippen LogP contribution in [0.25, 0.3) is 0 Å². The van der Waals surface area contributed by atoms with Crippen LogP contribution < -0.4 is 10.0 Å². The van der Waals surface area contributed by atoms with Crippen LogP contribution in [0.4, 0.5) is 11.6 Å². The summed E-state index contributed by atoms with van der Waals surface area (Å²) in [6.45, 7) is 0. The van der Waals surface area contributed by atoms with Gasteiger partial charge in [0.1, 0.15) is 4.90 Å². The second kappa shape index (κ2) is 5.82. The van der Waals surface area contributed by atoms with Gasteiger partial charge in [-0.3, -0.25) is 4.72 Å². The van der Waals surface area contributed by atoms with Gasteiger partial charge >= 0.3 is 0 Å². The number of benzene rings is 1. The minimum Gasteiger partial charge on any atom is -0.357 e. The van der Waals surface area contributed by atoms with E-state index in [2.05, 4.69) is 20.0 Å². The normalized spacial score (nSPS) is 11.2. The fourth-order valence-corrected chi connectivity index (χ4v) is 2.72. The molecule has 9 heteroatoms. The van der Waals surface area contributed by atoms with Gasteiger partial charge in [0.15, 0.2) is 0 Å². The smallest absolute Gasteiger partial charge is 0.265 e. The van der Waals surface area contributed by atoms with Gasteiger partial charge in [0.25, 0.3) is 10.0 Å². The Morgan fingerprint density at radius 2 is 1.80 bits per heavy atom. The maximum absolute atomic E-state index is 12.2. The van der Waals surface area contributed by atoms with E-state index < -0.39 is 10.0 Å². The molecule has 0 atom stereocenters. The molecule has 2 N–H and O–H groups in total. The molecule has 1 heterocycles. The lowest BCUT2D eigenvalue weighted by Gasteiger charge is -2.09. The Morgan fingerprint density at radius 3 is 2.40 bits per heavy atom. The van der Waals surface area contributed by atoms with Gasteiger partial charge < -0.3 is 5.32 Å². The number of hydrogen-bond acceptors (Lipinski definition) is 5. The first kappa shape index (κ1) is 14.8. The Bertz CT molecular complexity index is 720. The lowest BCUT2D eigenvalue weighted by atomic mass is 10.3. The molecular weight excluding hydrogens is 323 g/mol. The van der Waals surface area contributed by atoms with Crippen LogP contribution in [-0.4, -0.2) is 25.4 Å². The molecule has 2 rings (SSSR count). The second-order valence-corrected chi connectivity index (χ2v) is 6.25. The summed E-state index contributed by atoms with van der Waals surface area (Å²) in [6.07, 6.45) is 2.39. The molecule has 1 aromatic heterocycles. The number of anilines is 2. The van der Waals surface area contributed by atoms with Gasteiger partial charge in [-0.2, -0.15) is 0 Å². The maximum atomic E-state index is 12.2. The lowest BCUT2D eigenvalue weighted by Crippen LogP contribution is -2.14. The highest BCUT2D eigenvalue weighted by atomic mass is 35.5. The number of sulfonamides is 1. The van der Waals surface area contributed by atoms with E-state index in [1.54, 1.807) is 13.1 Å². The average Bonchev–Trinajstić information content (AvgIpc) is 2.43. The molecule has 106 valence electrons. The minimum absolute atomic E-state index is 0.0763. The predicted molar refractivity (Wildman–Crippen MR) is 78.8 cm³/mol. The SMILES string of the molecule is CNc1ncc(S(=O)(=O)Nc2cc(Cl)ccc2Cl)cn1. The Morgan fingerprint density at radius 1 is 1.15 bits per heavy atom. The summed E-state index contributed by atoms with van der Waals surface area (Å²) in [7, 11) is -2.19. The van der Waals surface area contributed by atoms with E-state index in [9.17, 15) is 8.42 Å². The summed E-state index contributed by atoms with van der Waals surface area (Å²) in [4.78, 5) is 7.61. The molecule has 0 saturated heterocycles. The third-order valence-electron chi connectivity index (χ3n) is 2.33. The number of hydrogen-bond donors (Lipinski definition) is 2. The minimum atomic E-state index is -3.82. The summed E-state index contributed by atoms with van der Waals surface area (Å²) in [5.74, 6) is 0.324. The maximum Gasteiger partial charge on any atom is 0.265 e. The quantitative estimate of drug-likeness (QED) is 0.899. The number of aromatic nitrogens is 2. The molecule has 2 aromatic rings.